The Hall–Kier alpha value is -1.66. The van der Waals surface area contributed by atoms with Crippen LogP contribution in [0.5, 0.6) is 0 Å². The Kier molecular flexibility index (Phi) is 6.15. The van der Waals surface area contributed by atoms with Crippen LogP contribution >= 0.6 is 11.3 Å². The summed E-state index contributed by atoms with van der Waals surface area (Å²) in [5.41, 5.74) is 0.649. The maximum atomic E-state index is 11.9. The van der Waals surface area contributed by atoms with Gasteiger partial charge in [0.1, 0.15) is 0 Å². The zero-order chi connectivity index (χ0) is 15.9. The van der Waals surface area contributed by atoms with Gasteiger partial charge in [0.25, 0.3) is 0 Å². The standard InChI is InChI=1S/C16H20N2O2S2/c1-12(9-14-6-4-8-21-14)11-17-16(19)18-13-5-3-7-15(10-13)22(2)20/h3-8,10,12H,9,11H2,1-2H3,(H2,17,18,19)/t12-,22-/m1/s1. The quantitative estimate of drug-likeness (QED) is 0.848. The Labute approximate surface area is 137 Å². The van der Waals surface area contributed by atoms with E-state index in [2.05, 4.69) is 29.0 Å². The SMILES string of the molecule is C[C@@H](CNC(=O)Nc1cccc([S@@](C)=O)c1)Cc1cccs1. The summed E-state index contributed by atoms with van der Waals surface area (Å²) in [6.07, 6.45) is 2.58. The van der Waals surface area contributed by atoms with Crippen LogP contribution in [0.3, 0.4) is 0 Å². The second-order valence-corrected chi connectivity index (χ2v) is 7.62. The average Bonchev–Trinajstić information content (AvgIpc) is 2.98. The Balaban J connectivity index is 1.80. The van der Waals surface area contributed by atoms with Crippen molar-refractivity contribution in [1.29, 1.82) is 0 Å². The second kappa shape index (κ2) is 8.10. The molecule has 0 aliphatic heterocycles. The summed E-state index contributed by atoms with van der Waals surface area (Å²) < 4.78 is 11.4. The Morgan fingerprint density at radius 1 is 1.32 bits per heavy atom. The Bertz CT molecular complexity index is 641. The zero-order valence-corrected chi connectivity index (χ0v) is 14.3. The van der Waals surface area contributed by atoms with Gasteiger partial charge in [-0.2, -0.15) is 0 Å². The maximum absolute atomic E-state index is 11.9. The molecule has 118 valence electrons. The maximum Gasteiger partial charge on any atom is 0.319 e. The molecule has 0 unspecified atom stereocenters. The minimum Gasteiger partial charge on any atom is -0.338 e. The molecular weight excluding hydrogens is 316 g/mol. The van der Waals surface area contributed by atoms with E-state index in [1.165, 1.54) is 4.88 Å². The number of rotatable bonds is 6. The molecule has 0 bridgehead atoms. The third kappa shape index (κ3) is 5.27. The molecule has 2 amide bonds. The summed E-state index contributed by atoms with van der Waals surface area (Å²) in [5, 5.41) is 7.70. The molecule has 2 atom stereocenters. The highest BCUT2D eigenvalue weighted by molar-refractivity contribution is 7.84. The van der Waals surface area contributed by atoms with E-state index in [9.17, 15) is 9.00 Å². The van der Waals surface area contributed by atoms with Crippen molar-refractivity contribution < 1.29 is 9.00 Å². The molecular formula is C16H20N2O2S2. The van der Waals surface area contributed by atoms with Gasteiger partial charge >= 0.3 is 6.03 Å². The van der Waals surface area contributed by atoms with Crippen LogP contribution in [0.2, 0.25) is 0 Å². The molecule has 4 nitrogen and oxygen atoms in total. The van der Waals surface area contributed by atoms with E-state index < -0.39 is 10.8 Å². The molecule has 0 saturated heterocycles. The van der Waals surface area contributed by atoms with E-state index in [0.29, 0.717) is 23.0 Å². The molecule has 0 radical (unpaired) electrons. The second-order valence-electron chi connectivity index (χ2n) is 5.21. The van der Waals surface area contributed by atoms with Gasteiger partial charge in [0.15, 0.2) is 0 Å². The summed E-state index contributed by atoms with van der Waals surface area (Å²) in [5.74, 6) is 0.374. The van der Waals surface area contributed by atoms with Crippen LogP contribution in [0.4, 0.5) is 10.5 Å². The van der Waals surface area contributed by atoms with Gasteiger partial charge < -0.3 is 10.6 Å². The number of urea groups is 1. The largest absolute Gasteiger partial charge is 0.338 e. The third-order valence-corrected chi connectivity index (χ3v) is 4.98. The highest BCUT2D eigenvalue weighted by Crippen LogP contribution is 2.15. The first-order chi connectivity index (χ1) is 10.5. The number of hydrogen-bond acceptors (Lipinski definition) is 3. The van der Waals surface area contributed by atoms with E-state index in [4.69, 9.17) is 0 Å². The van der Waals surface area contributed by atoms with E-state index in [1.54, 1.807) is 41.9 Å². The van der Waals surface area contributed by atoms with Crippen LogP contribution in [-0.2, 0) is 17.2 Å². The molecule has 0 aliphatic carbocycles. The van der Waals surface area contributed by atoms with Crippen LogP contribution < -0.4 is 10.6 Å². The molecule has 0 saturated carbocycles. The van der Waals surface area contributed by atoms with Crippen molar-refractivity contribution >= 4 is 33.9 Å². The van der Waals surface area contributed by atoms with Gasteiger partial charge in [-0.05, 0) is 42.0 Å². The van der Waals surface area contributed by atoms with Crippen molar-refractivity contribution in [3.8, 4) is 0 Å². The van der Waals surface area contributed by atoms with E-state index in [0.717, 1.165) is 6.42 Å². The minimum atomic E-state index is -1.05. The number of amides is 2. The fourth-order valence-corrected chi connectivity index (χ4v) is 3.47. The Morgan fingerprint density at radius 2 is 2.14 bits per heavy atom. The van der Waals surface area contributed by atoms with Crippen molar-refractivity contribution in [3.05, 3.63) is 46.7 Å². The molecule has 22 heavy (non-hydrogen) atoms. The Morgan fingerprint density at radius 3 is 2.82 bits per heavy atom. The molecule has 1 aromatic carbocycles. The third-order valence-electron chi connectivity index (χ3n) is 3.16. The summed E-state index contributed by atoms with van der Waals surface area (Å²) in [6, 6.07) is 11.0. The number of benzene rings is 1. The number of hydrogen-bond donors (Lipinski definition) is 2. The molecule has 2 aromatic rings. The van der Waals surface area contributed by atoms with Gasteiger partial charge in [0.05, 0.1) is 0 Å². The number of thiophene rings is 1. The van der Waals surface area contributed by atoms with Crippen LogP contribution in [0, 0.1) is 5.92 Å². The van der Waals surface area contributed by atoms with E-state index in [-0.39, 0.29) is 6.03 Å². The van der Waals surface area contributed by atoms with Gasteiger partial charge in [-0.25, -0.2) is 4.79 Å². The highest BCUT2D eigenvalue weighted by Gasteiger charge is 2.08. The molecule has 0 fully saturated rings. The number of carbonyl (C=O) groups is 1. The number of nitrogens with one attached hydrogen (secondary N) is 2. The van der Waals surface area contributed by atoms with Crippen LogP contribution in [0.1, 0.15) is 11.8 Å². The molecule has 6 heteroatoms. The fraction of sp³-hybridized carbons (Fsp3) is 0.312. The molecule has 0 spiro atoms. The summed E-state index contributed by atoms with van der Waals surface area (Å²) in [4.78, 5) is 13.9. The summed E-state index contributed by atoms with van der Waals surface area (Å²) in [6.45, 7) is 2.73. The lowest BCUT2D eigenvalue weighted by atomic mass is 10.1. The van der Waals surface area contributed by atoms with Gasteiger partial charge in [-0.3, -0.25) is 4.21 Å². The van der Waals surface area contributed by atoms with Crippen LogP contribution in [0.25, 0.3) is 0 Å². The van der Waals surface area contributed by atoms with Crippen molar-refractivity contribution in [1.82, 2.24) is 5.32 Å². The normalized spacial score (nSPS) is 13.4. The molecule has 1 heterocycles. The van der Waals surface area contributed by atoms with Gasteiger partial charge in [-0.15, -0.1) is 11.3 Å². The number of anilines is 1. The lowest BCUT2D eigenvalue weighted by molar-refractivity contribution is 0.250. The first-order valence-electron chi connectivity index (χ1n) is 7.05. The van der Waals surface area contributed by atoms with Crippen LogP contribution in [0.15, 0.2) is 46.7 Å². The van der Waals surface area contributed by atoms with Crippen molar-refractivity contribution in [3.63, 3.8) is 0 Å². The molecule has 0 aliphatic rings. The first kappa shape index (κ1) is 16.7. The zero-order valence-electron chi connectivity index (χ0n) is 12.7. The first-order valence-corrected chi connectivity index (χ1v) is 9.49. The van der Waals surface area contributed by atoms with Gasteiger partial charge in [0, 0.05) is 39.1 Å². The lowest BCUT2D eigenvalue weighted by Crippen LogP contribution is -2.32. The summed E-state index contributed by atoms with van der Waals surface area (Å²) in [7, 11) is -1.05. The number of carbonyl (C=O) groups excluding carboxylic acids is 1. The van der Waals surface area contributed by atoms with E-state index >= 15 is 0 Å². The average molecular weight is 336 g/mol. The topological polar surface area (TPSA) is 58.2 Å². The predicted octanol–water partition coefficient (Wildman–Crippen LogP) is 3.49. The highest BCUT2D eigenvalue weighted by atomic mass is 32.2. The molecule has 1 aromatic heterocycles. The fourth-order valence-electron chi connectivity index (χ4n) is 2.04. The predicted molar refractivity (Wildman–Crippen MR) is 93.0 cm³/mol. The van der Waals surface area contributed by atoms with Crippen molar-refractivity contribution in [2.75, 3.05) is 18.1 Å². The van der Waals surface area contributed by atoms with Crippen LogP contribution in [-0.4, -0.2) is 23.0 Å². The van der Waals surface area contributed by atoms with Crippen molar-refractivity contribution in [2.45, 2.75) is 18.2 Å². The lowest BCUT2D eigenvalue weighted by Gasteiger charge is -2.13. The monoisotopic (exact) mass is 336 g/mol. The smallest absolute Gasteiger partial charge is 0.319 e. The van der Waals surface area contributed by atoms with Crippen molar-refractivity contribution in [2.24, 2.45) is 5.92 Å². The van der Waals surface area contributed by atoms with Gasteiger partial charge in [0.2, 0.25) is 0 Å². The summed E-state index contributed by atoms with van der Waals surface area (Å²) >= 11 is 1.74. The molecule has 2 rings (SSSR count). The van der Waals surface area contributed by atoms with E-state index in [1.807, 2.05) is 6.07 Å². The minimum absolute atomic E-state index is 0.239. The van der Waals surface area contributed by atoms with Gasteiger partial charge in [-0.1, -0.05) is 19.1 Å². The molecule has 2 N–H and O–H groups in total.